The zero-order valence-corrected chi connectivity index (χ0v) is 17.2. The molecule has 2 aliphatic carbocycles. The van der Waals surface area contributed by atoms with E-state index in [4.69, 9.17) is 4.74 Å². The van der Waals surface area contributed by atoms with Crippen molar-refractivity contribution in [3.8, 4) is 6.07 Å². The van der Waals surface area contributed by atoms with Crippen LogP contribution in [-0.2, 0) is 32.1 Å². The summed E-state index contributed by atoms with van der Waals surface area (Å²) in [6, 6.07) is 9.29. The van der Waals surface area contributed by atoms with Crippen molar-refractivity contribution in [2.75, 3.05) is 7.11 Å². The number of amides is 2. The third-order valence-corrected chi connectivity index (χ3v) is 6.75. The predicted molar refractivity (Wildman–Crippen MR) is 108 cm³/mol. The standard InChI is InChI=1S/C23H27N3O4/c1-30-22(29)19-12-15-6-2-3-7-16(15)13-26(19)21(28)18-9-5-4-8-17(18)20(27)25-23(14-24)10-11-23/h2-3,6-7,17-19H,4-5,8-13H2,1H3,(H,25,27)/t17-,18-,19?/m1/s1. The van der Waals surface area contributed by atoms with Gasteiger partial charge in [0.15, 0.2) is 0 Å². The molecule has 2 amide bonds. The molecule has 30 heavy (non-hydrogen) atoms. The van der Waals surface area contributed by atoms with Crippen molar-refractivity contribution in [1.82, 2.24) is 10.2 Å². The number of hydrogen-bond acceptors (Lipinski definition) is 5. The van der Waals surface area contributed by atoms with Gasteiger partial charge in [-0.3, -0.25) is 9.59 Å². The molecule has 0 saturated heterocycles. The van der Waals surface area contributed by atoms with Gasteiger partial charge in [-0.25, -0.2) is 4.79 Å². The quantitative estimate of drug-likeness (QED) is 0.768. The molecule has 7 heteroatoms. The number of ether oxygens (including phenoxy) is 1. The molecule has 0 spiro atoms. The lowest BCUT2D eigenvalue weighted by Gasteiger charge is -2.40. The lowest BCUT2D eigenvalue weighted by molar-refractivity contribution is -0.157. The average Bonchev–Trinajstić information content (AvgIpc) is 3.57. The summed E-state index contributed by atoms with van der Waals surface area (Å²) in [6.07, 6.45) is 4.72. The van der Waals surface area contributed by atoms with Crippen LogP contribution in [0.4, 0.5) is 0 Å². The molecule has 3 aliphatic rings. The van der Waals surface area contributed by atoms with Crippen LogP contribution < -0.4 is 5.32 Å². The molecule has 7 nitrogen and oxygen atoms in total. The second-order valence-corrected chi connectivity index (χ2v) is 8.66. The number of nitrogens with zero attached hydrogens (tertiary/aromatic N) is 2. The summed E-state index contributed by atoms with van der Waals surface area (Å²) in [7, 11) is 1.33. The van der Waals surface area contributed by atoms with Gasteiger partial charge in [0.05, 0.1) is 13.2 Å². The number of esters is 1. The summed E-state index contributed by atoms with van der Waals surface area (Å²) in [4.78, 5) is 40.7. The fourth-order valence-corrected chi connectivity index (χ4v) is 4.77. The minimum absolute atomic E-state index is 0.165. The summed E-state index contributed by atoms with van der Waals surface area (Å²) >= 11 is 0. The molecule has 1 aromatic carbocycles. The number of carbonyl (C=O) groups is 3. The van der Waals surface area contributed by atoms with Crippen molar-refractivity contribution >= 4 is 17.8 Å². The van der Waals surface area contributed by atoms with Crippen LogP contribution in [0.2, 0.25) is 0 Å². The predicted octanol–water partition coefficient (Wildman–Crippen LogP) is 2.09. The molecule has 1 aliphatic heterocycles. The molecule has 0 bridgehead atoms. The molecule has 3 atom stereocenters. The van der Waals surface area contributed by atoms with Crippen LogP contribution in [-0.4, -0.2) is 41.4 Å². The number of nitriles is 1. The first-order valence-corrected chi connectivity index (χ1v) is 10.7. The molecule has 0 aromatic heterocycles. The van der Waals surface area contributed by atoms with Gasteiger partial charge in [0, 0.05) is 24.8 Å². The monoisotopic (exact) mass is 409 g/mol. The maximum absolute atomic E-state index is 13.6. The molecule has 1 unspecified atom stereocenters. The Morgan fingerprint density at radius 3 is 2.43 bits per heavy atom. The van der Waals surface area contributed by atoms with Gasteiger partial charge in [0.2, 0.25) is 11.8 Å². The molecule has 0 radical (unpaired) electrons. The SMILES string of the molecule is COC(=O)C1Cc2ccccc2CN1C(=O)[C@@H]1CCCC[C@H]1C(=O)NC1(C#N)CC1. The molecule has 1 heterocycles. The molecule has 2 fully saturated rings. The normalized spacial score (nSPS) is 26.7. The summed E-state index contributed by atoms with van der Waals surface area (Å²) < 4.78 is 4.99. The Kier molecular flexibility index (Phi) is 5.50. The van der Waals surface area contributed by atoms with E-state index in [2.05, 4.69) is 11.4 Å². The van der Waals surface area contributed by atoms with Crippen LogP contribution in [0.15, 0.2) is 24.3 Å². The Morgan fingerprint density at radius 2 is 1.80 bits per heavy atom. The van der Waals surface area contributed by atoms with Crippen molar-refractivity contribution in [2.24, 2.45) is 11.8 Å². The maximum Gasteiger partial charge on any atom is 0.328 e. The average molecular weight is 409 g/mol. The second kappa shape index (κ2) is 8.10. The zero-order valence-electron chi connectivity index (χ0n) is 17.2. The first kappa shape index (κ1) is 20.4. The summed E-state index contributed by atoms with van der Waals surface area (Å²) in [5.41, 5.74) is 1.31. The Bertz CT molecular complexity index is 902. The molecule has 2 saturated carbocycles. The lowest BCUT2D eigenvalue weighted by atomic mass is 9.77. The summed E-state index contributed by atoms with van der Waals surface area (Å²) in [5.74, 6) is -1.75. The molecule has 4 rings (SSSR count). The van der Waals surface area contributed by atoms with Gasteiger partial charge in [0.1, 0.15) is 11.6 Å². The van der Waals surface area contributed by atoms with Gasteiger partial charge >= 0.3 is 5.97 Å². The minimum atomic E-state index is -0.749. The first-order valence-electron chi connectivity index (χ1n) is 10.7. The van der Waals surface area contributed by atoms with E-state index in [0.29, 0.717) is 38.6 Å². The van der Waals surface area contributed by atoms with Crippen molar-refractivity contribution < 1.29 is 19.1 Å². The second-order valence-electron chi connectivity index (χ2n) is 8.66. The number of nitrogens with one attached hydrogen (secondary N) is 1. The molecule has 1 N–H and O–H groups in total. The molecule has 1 aromatic rings. The van der Waals surface area contributed by atoms with Crippen LogP contribution in [0, 0.1) is 23.2 Å². The number of hydrogen-bond donors (Lipinski definition) is 1. The van der Waals surface area contributed by atoms with Gasteiger partial charge in [0.25, 0.3) is 0 Å². The third kappa shape index (κ3) is 3.79. The summed E-state index contributed by atoms with van der Waals surface area (Å²) in [6.45, 7) is 0.335. The van der Waals surface area contributed by atoms with E-state index in [0.717, 1.165) is 24.0 Å². The van der Waals surface area contributed by atoms with Crippen molar-refractivity contribution in [3.05, 3.63) is 35.4 Å². The number of fused-ring (bicyclic) bond motifs is 1. The maximum atomic E-state index is 13.6. The van der Waals surface area contributed by atoms with E-state index in [1.807, 2.05) is 24.3 Å². The first-order chi connectivity index (χ1) is 14.5. The highest BCUT2D eigenvalue weighted by atomic mass is 16.5. The van der Waals surface area contributed by atoms with Crippen LogP contribution in [0.25, 0.3) is 0 Å². The van der Waals surface area contributed by atoms with Crippen LogP contribution in [0.1, 0.15) is 49.7 Å². The van der Waals surface area contributed by atoms with Crippen LogP contribution in [0.3, 0.4) is 0 Å². The number of rotatable bonds is 4. The van der Waals surface area contributed by atoms with Gasteiger partial charge < -0.3 is 15.0 Å². The fraction of sp³-hybridized carbons (Fsp3) is 0.565. The van der Waals surface area contributed by atoms with E-state index >= 15 is 0 Å². The topological polar surface area (TPSA) is 99.5 Å². The summed E-state index contributed by atoms with van der Waals surface area (Å²) in [5, 5.41) is 12.2. The number of benzene rings is 1. The van der Waals surface area contributed by atoms with Crippen molar-refractivity contribution in [2.45, 2.75) is 63.1 Å². The van der Waals surface area contributed by atoms with E-state index in [-0.39, 0.29) is 11.8 Å². The van der Waals surface area contributed by atoms with Crippen molar-refractivity contribution in [1.29, 1.82) is 5.26 Å². The van der Waals surface area contributed by atoms with Crippen LogP contribution >= 0.6 is 0 Å². The molecular formula is C23H27N3O4. The van der Waals surface area contributed by atoms with E-state index in [1.54, 1.807) is 4.90 Å². The van der Waals surface area contributed by atoms with Gasteiger partial charge in [-0.05, 0) is 36.8 Å². The molecular weight excluding hydrogens is 382 g/mol. The van der Waals surface area contributed by atoms with Gasteiger partial charge in [-0.1, -0.05) is 37.1 Å². The smallest absolute Gasteiger partial charge is 0.328 e. The van der Waals surface area contributed by atoms with E-state index in [1.165, 1.54) is 7.11 Å². The van der Waals surface area contributed by atoms with Gasteiger partial charge in [-0.2, -0.15) is 5.26 Å². The highest BCUT2D eigenvalue weighted by Gasteiger charge is 2.48. The zero-order chi connectivity index (χ0) is 21.3. The third-order valence-electron chi connectivity index (χ3n) is 6.75. The lowest BCUT2D eigenvalue weighted by Crippen LogP contribution is -2.54. The highest BCUT2D eigenvalue weighted by Crippen LogP contribution is 2.38. The molecule has 158 valence electrons. The Hall–Kier alpha value is -2.88. The number of methoxy groups -OCH3 is 1. The highest BCUT2D eigenvalue weighted by molar-refractivity contribution is 5.91. The largest absolute Gasteiger partial charge is 0.467 e. The fourth-order valence-electron chi connectivity index (χ4n) is 4.77. The minimum Gasteiger partial charge on any atom is -0.467 e. The number of carbonyl (C=O) groups excluding carboxylic acids is 3. The van der Waals surface area contributed by atoms with E-state index < -0.39 is 29.4 Å². The Labute approximate surface area is 176 Å². The van der Waals surface area contributed by atoms with Crippen molar-refractivity contribution in [3.63, 3.8) is 0 Å². The van der Waals surface area contributed by atoms with Crippen LogP contribution in [0.5, 0.6) is 0 Å². The van der Waals surface area contributed by atoms with Gasteiger partial charge in [-0.15, -0.1) is 0 Å². The Morgan fingerprint density at radius 1 is 1.13 bits per heavy atom. The van der Waals surface area contributed by atoms with E-state index in [9.17, 15) is 19.6 Å². The Balaban J connectivity index is 1.57.